The van der Waals surface area contributed by atoms with Crippen LogP contribution in [0, 0.1) is 10.1 Å². The number of aromatic nitrogens is 2. The summed E-state index contributed by atoms with van der Waals surface area (Å²) in [4.78, 5) is 11.4. The van der Waals surface area contributed by atoms with Crippen molar-refractivity contribution in [3.63, 3.8) is 0 Å². The first-order valence-electron chi connectivity index (χ1n) is 6.70. The van der Waals surface area contributed by atoms with E-state index in [9.17, 15) is 10.1 Å². The van der Waals surface area contributed by atoms with Crippen molar-refractivity contribution in [3.8, 4) is 22.1 Å². The summed E-state index contributed by atoms with van der Waals surface area (Å²) in [6, 6.07) is 12.1. The summed E-state index contributed by atoms with van der Waals surface area (Å²) in [6.45, 7) is 2.42. The second-order valence-electron chi connectivity index (χ2n) is 4.46. The molecule has 6 nitrogen and oxygen atoms in total. The van der Waals surface area contributed by atoms with Crippen molar-refractivity contribution in [1.29, 1.82) is 0 Å². The van der Waals surface area contributed by atoms with Crippen LogP contribution in [0.2, 0.25) is 0 Å². The number of non-ortho nitro benzene ring substituents is 1. The second-order valence-corrected chi connectivity index (χ2v) is 5.41. The second kappa shape index (κ2) is 5.98. The number of nitro groups is 1. The summed E-state index contributed by atoms with van der Waals surface area (Å²) in [7, 11) is 0. The van der Waals surface area contributed by atoms with Crippen molar-refractivity contribution in [2.75, 3.05) is 6.61 Å². The Balaban J connectivity index is 2.02. The minimum Gasteiger partial charge on any atom is -0.478 e. The van der Waals surface area contributed by atoms with Gasteiger partial charge in [-0.15, -0.1) is 11.3 Å². The highest BCUT2D eigenvalue weighted by Gasteiger charge is 2.14. The van der Waals surface area contributed by atoms with Gasteiger partial charge in [0.1, 0.15) is 5.69 Å². The quantitative estimate of drug-likeness (QED) is 0.529. The fourth-order valence-electron chi connectivity index (χ4n) is 2.06. The average Bonchev–Trinajstić information content (AvgIpc) is 3.16. The minimum absolute atomic E-state index is 0.0485. The molecule has 0 fully saturated rings. The molecule has 0 radical (unpaired) electrons. The summed E-state index contributed by atoms with van der Waals surface area (Å²) in [6.07, 6.45) is 0. The zero-order chi connectivity index (χ0) is 15.5. The lowest BCUT2D eigenvalue weighted by atomic mass is 10.3. The molecule has 3 aromatic rings. The first kappa shape index (κ1) is 14.3. The van der Waals surface area contributed by atoms with E-state index in [1.54, 1.807) is 28.2 Å². The maximum Gasteiger partial charge on any atom is 0.269 e. The summed E-state index contributed by atoms with van der Waals surface area (Å²) in [5, 5.41) is 17.3. The van der Waals surface area contributed by atoms with Crippen LogP contribution in [-0.2, 0) is 0 Å². The Bertz CT molecular complexity index is 779. The number of ether oxygens (including phenoxy) is 1. The van der Waals surface area contributed by atoms with Crippen molar-refractivity contribution >= 4 is 17.0 Å². The standard InChI is InChI=1S/C15H13N3O3S/c1-2-21-15-10-13(14-4-3-9-22-14)16-17(15)11-5-7-12(8-6-11)18(19)20/h3-10H,2H2,1H3. The molecule has 0 aliphatic carbocycles. The van der Waals surface area contributed by atoms with Crippen LogP contribution in [0.1, 0.15) is 6.92 Å². The van der Waals surface area contributed by atoms with Gasteiger partial charge in [0, 0.05) is 18.2 Å². The zero-order valence-electron chi connectivity index (χ0n) is 11.8. The predicted octanol–water partition coefficient (Wildman–Crippen LogP) is 3.91. The van der Waals surface area contributed by atoms with Gasteiger partial charge in [0.15, 0.2) is 0 Å². The normalized spacial score (nSPS) is 10.6. The molecule has 112 valence electrons. The van der Waals surface area contributed by atoms with Crippen molar-refractivity contribution in [2.45, 2.75) is 6.92 Å². The van der Waals surface area contributed by atoms with Gasteiger partial charge in [-0.1, -0.05) is 6.07 Å². The third kappa shape index (κ3) is 2.71. The summed E-state index contributed by atoms with van der Waals surface area (Å²) in [5.74, 6) is 0.611. The van der Waals surface area contributed by atoms with Gasteiger partial charge >= 0.3 is 0 Å². The minimum atomic E-state index is -0.423. The molecule has 0 saturated heterocycles. The van der Waals surface area contributed by atoms with E-state index in [-0.39, 0.29) is 5.69 Å². The van der Waals surface area contributed by atoms with Crippen molar-refractivity contribution in [1.82, 2.24) is 9.78 Å². The van der Waals surface area contributed by atoms with E-state index in [1.807, 2.05) is 30.5 Å². The molecule has 7 heteroatoms. The molecule has 0 atom stereocenters. The van der Waals surface area contributed by atoms with Gasteiger partial charge in [-0.05, 0) is 30.5 Å². The van der Waals surface area contributed by atoms with Crippen LogP contribution < -0.4 is 4.74 Å². The zero-order valence-corrected chi connectivity index (χ0v) is 12.6. The first-order chi connectivity index (χ1) is 10.7. The number of rotatable bonds is 5. The van der Waals surface area contributed by atoms with Crippen LogP contribution in [0.25, 0.3) is 16.3 Å². The van der Waals surface area contributed by atoms with Gasteiger partial charge < -0.3 is 4.74 Å². The Kier molecular flexibility index (Phi) is 3.88. The van der Waals surface area contributed by atoms with E-state index < -0.39 is 4.92 Å². The molecule has 0 amide bonds. The van der Waals surface area contributed by atoms with Crippen LogP contribution in [0.15, 0.2) is 47.8 Å². The summed E-state index contributed by atoms with van der Waals surface area (Å²) < 4.78 is 7.27. The monoisotopic (exact) mass is 315 g/mol. The first-order valence-corrected chi connectivity index (χ1v) is 7.58. The molecule has 0 aliphatic heterocycles. The Morgan fingerprint density at radius 1 is 1.32 bits per heavy atom. The molecule has 2 aromatic heterocycles. The largest absolute Gasteiger partial charge is 0.478 e. The van der Waals surface area contributed by atoms with E-state index in [0.717, 1.165) is 16.3 Å². The Labute approximate surface area is 130 Å². The van der Waals surface area contributed by atoms with Gasteiger partial charge in [0.2, 0.25) is 5.88 Å². The molecule has 0 bridgehead atoms. The van der Waals surface area contributed by atoms with Gasteiger partial charge in [-0.2, -0.15) is 5.10 Å². The van der Waals surface area contributed by atoms with Crippen LogP contribution in [-0.4, -0.2) is 21.3 Å². The summed E-state index contributed by atoms with van der Waals surface area (Å²) >= 11 is 1.60. The highest BCUT2D eigenvalue weighted by atomic mass is 32.1. The smallest absolute Gasteiger partial charge is 0.269 e. The maximum atomic E-state index is 10.7. The molecule has 0 unspecified atom stereocenters. The van der Waals surface area contributed by atoms with Crippen molar-refractivity contribution in [3.05, 3.63) is 58.0 Å². The fourth-order valence-corrected chi connectivity index (χ4v) is 2.74. The van der Waals surface area contributed by atoms with Gasteiger partial charge in [0.05, 0.1) is 22.1 Å². The molecule has 0 saturated carbocycles. The molecule has 0 N–H and O–H groups in total. The Hall–Kier alpha value is -2.67. The van der Waals surface area contributed by atoms with E-state index in [2.05, 4.69) is 5.10 Å². The van der Waals surface area contributed by atoms with Gasteiger partial charge in [-0.25, -0.2) is 4.68 Å². The van der Waals surface area contributed by atoms with Crippen LogP contribution in [0.4, 0.5) is 5.69 Å². The molecular weight excluding hydrogens is 302 g/mol. The number of nitrogens with zero attached hydrogens (tertiary/aromatic N) is 3. The van der Waals surface area contributed by atoms with Crippen LogP contribution in [0.5, 0.6) is 5.88 Å². The number of thiophene rings is 1. The number of benzene rings is 1. The predicted molar refractivity (Wildman–Crippen MR) is 84.7 cm³/mol. The number of nitro benzene ring substituents is 1. The highest BCUT2D eigenvalue weighted by Crippen LogP contribution is 2.29. The van der Waals surface area contributed by atoms with Crippen LogP contribution >= 0.6 is 11.3 Å². The topological polar surface area (TPSA) is 70.2 Å². The average molecular weight is 315 g/mol. The molecule has 1 aromatic carbocycles. The molecule has 2 heterocycles. The molecule has 3 rings (SSSR count). The van der Waals surface area contributed by atoms with Gasteiger partial charge in [0.25, 0.3) is 5.69 Å². The van der Waals surface area contributed by atoms with Crippen LogP contribution in [0.3, 0.4) is 0 Å². The SMILES string of the molecule is CCOc1cc(-c2cccs2)nn1-c1ccc([N+](=O)[O-])cc1. The molecular formula is C15H13N3O3S. The third-order valence-electron chi connectivity index (χ3n) is 3.05. The Morgan fingerprint density at radius 2 is 2.09 bits per heavy atom. The van der Waals surface area contributed by atoms with E-state index in [0.29, 0.717) is 12.5 Å². The van der Waals surface area contributed by atoms with Crippen molar-refractivity contribution < 1.29 is 9.66 Å². The molecule has 22 heavy (non-hydrogen) atoms. The summed E-state index contributed by atoms with van der Waals surface area (Å²) in [5.41, 5.74) is 1.58. The van der Waals surface area contributed by atoms with E-state index >= 15 is 0 Å². The molecule has 0 aliphatic rings. The van der Waals surface area contributed by atoms with Crippen molar-refractivity contribution in [2.24, 2.45) is 0 Å². The Morgan fingerprint density at radius 3 is 2.68 bits per heavy atom. The van der Waals surface area contributed by atoms with E-state index in [1.165, 1.54) is 12.1 Å². The number of hydrogen-bond acceptors (Lipinski definition) is 5. The number of hydrogen-bond donors (Lipinski definition) is 0. The lowest BCUT2D eigenvalue weighted by molar-refractivity contribution is -0.384. The lowest BCUT2D eigenvalue weighted by Crippen LogP contribution is -2.02. The van der Waals surface area contributed by atoms with E-state index in [4.69, 9.17) is 4.74 Å². The fraction of sp³-hybridized carbons (Fsp3) is 0.133. The third-order valence-corrected chi connectivity index (χ3v) is 3.94. The maximum absolute atomic E-state index is 10.7. The van der Waals surface area contributed by atoms with Gasteiger partial charge in [-0.3, -0.25) is 10.1 Å². The highest BCUT2D eigenvalue weighted by molar-refractivity contribution is 7.13. The molecule has 0 spiro atoms. The lowest BCUT2D eigenvalue weighted by Gasteiger charge is -2.06.